The average Bonchev–Trinajstić information content (AvgIpc) is 2.47. The van der Waals surface area contributed by atoms with E-state index < -0.39 is 0 Å². The molecule has 1 fully saturated rings. The summed E-state index contributed by atoms with van der Waals surface area (Å²) < 4.78 is 5.34. The van der Waals surface area contributed by atoms with Crippen LogP contribution < -0.4 is 10.2 Å². The highest BCUT2D eigenvalue weighted by Gasteiger charge is 2.10. The number of hydrogen-bond acceptors (Lipinski definition) is 3. The van der Waals surface area contributed by atoms with Gasteiger partial charge in [0, 0.05) is 30.9 Å². The van der Waals surface area contributed by atoms with E-state index in [4.69, 9.17) is 4.74 Å². The Morgan fingerprint density at radius 3 is 2.58 bits per heavy atom. The Morgan fingerprint density at radius 2 is 1.95 bits per heavy atom. The highest BCUT2D eigenvalue weighted by Crippen LogP contribution is 2.19. The molecule has 1 saturated heterocycles. The second-order valence-corrected chi connectivity index (χ2v) is 4.80. The van der Waals surface area contributed by atoms with Gasteiger partial charge in [0.05, 0.1) is 13.2 Å². The molecule has 0 aliphatic carbocycles. The quantitative estimate of drug-likeness (QED) is 0.887. The van der Waals surface area contributed by atoms with Crippen molar-refractivity contribution in [2.45, 2.75) is 26.2 Å². The molecule has 0 unspecified atom stereocenters. The van der Waals surface area contributed by atoms with Crippen molar-refractivity contribution in [1.29, 1.82) is 0 Å². The summed E-state index contributed by atoms with van der Waals surface area (Å²) >= 11 is 0. The summed E-state index contributed by atoms with van der Waals surface area (Å²) in [6.07, 6.45) is 2.59. The fraction of sp³-hybridized carbons (Fsp3) is 0.533. The van der Waals surface area contributed by atoms with Crippen LogP contribution in [0.5, 0.6) is 0 Å². The minimum Gasteiger partial charge on any atom is -0.378 e. The lowest BCUT2D eigenvalue weighted by molar-refractivity contribution is -0.116. The predicted octanol–water partition coefficient (Wildman–Crippen LogP) is 2.65. The molecule has 1 N–H and O–H groups in total. The molecule has 0 bridgehead atoms. The van der Waals surface area contributed by atoms with E-state index in [0.29, 0.717) is 6.42 Å². The molecule has 1 amide bonds. The highest BCUT2D eigenvalue weighted by molar-refractivity contribution is 5.90. The molecule has 1 aromatic carbocycles. The summed E-state index contributed by atoms with van der Waals surface area (Å²) in [5, 5.41) is 2.92. The number of anilines is 2. The van der Waals surface area contributed by atoms with Crippen LogP contribution in [-0.4, -0.2) is 32.2 Å². The van der Waals surface area contributed by atoms with E-state index in [1.165, 1.54) is 5.69 Å². The Bertz CT molecular complexity index is 397. The summed E-state index contributed by atoms with van der Waals surface area (Å²) in [6.45, 7) is 5.53. The van der Waals surface area contributed by atoms with E-state index in [9.17, 15) is 4.79 Å². The van der Waals surface area contributed by atoms with Crippen molar-refractivity contribution >= 4 is 17.3 Å². The summed E-state index contributed by atoms with van der Waals surface area (Å²) in [5.74, 6) is 0.0981. The fourth-order valence-corrected chi connectivity index (χ4v) is 2.14. The van der Waals surface area contributed by atoms with Crippen molar-refractivity contribution in [2.75, 3.05) is 36.5 Å². The lowest BCUT2D eigenvalue weighted by Crippen LogP contribution is -2.36. The first-order chi connectivity index (χ1) is 9.29. The van der Waals surface area contributed by atoms with Gasteiger partial charge < -0.3 is 15.0 Å². The van der Waals surface area contributed by atoms with Gasteiger partial charge in [-0.1, -0.05) is 13.3 Å². The molecule has 0 saturated carbocycles. The molecule has 4 heteroatoms. The monoisotopic (exact) mass is 262 g/mol. The van der Waals surface area contributed by atoms with Gasteiger partial charge in [-0.25, -0.2) is 0 Å². The number of nitrogens with zero attached hydrogens (tertiary/aromatic N) is 1. The first-order valence-corrected chi connectivity index (χ1v) is 7.02. The zero-order chi connectivity index (χ0) is 13.5. The van der Waals surface area contributed by atoms with E-state index in [1.807, 2.05) is 12.1 Å². The topological polar surface area (TPSA) is 41.6 Å². The van der Waals surface area contributed by atoms with E-state index in [1.54, 1.807) is 0 Å². The van der Waals surface area contributed by atoms with Gasteiger partial charge in [-0.3, -0.25) is 4.79 Å². The zero-order valence-corrected chi connectivity index (χ0v) is 11.5. The number of rotatable bonds is 5. The molecule has 1 aliphatic heterocycles. The molecule has 0 aromatic heterocycles. The molecule has 1 aliphatic rings. The van der Waals surface area contributed by atoms with Crippen LogP contribution in [0.4, 0.5) is 11.4 Å². The molecule has 19 heavy (non-hydrogen) atoms. The number of hydrogen-bond donors (Lipinski definition) is 1. The molecular formula is C15H22N2O2. The van der Waals surface area contributed by atoms with Gasteiger partial charge in [-0.15, -0.1) is 0 Å². The van der Waals surface area contributed by atoms with E-state index in [0.717, 1.165) is 44.8 Å². The van der Waals surface area contributed by atoms with Crippen molar-refractivity contribution < 1.29 is 9.53 Å². The van der Waals surface area contributed by atoms with Gasteiger partial charge in [0.15, 0.2) is 0 Å². The first kappa shape index (κ1) is 13.9. The third kappa shape index (κ3) is 4.24. The number of morpholine rings is 1. The molecule has 2 rings (SSSR count). The number of benzene rings is 1. The van der Waals surface area contributed by atoms with Crippen molar-refractivity contribution in [2.24, 2.45) is 0 Å². The molecule has 0 atom stereocenters. The zero-order valence-electron chi connectivity index (χ0n) is 11.5. The van der Waals surface area contributed by atoms with Crippen LogP contribution in [0, 0.1) is 0 Å². The third-order valence-corrected chi connectivity index (χ3v) is 3.28. The Balaban J connectivity index is 1.88. The molecule has 1 aromatic rings. The summed E-state index contributed by atoms with van der Waals surface area (Å²) in [6, 6.07) is 8.05. The minimum absolute atomic E-state index is 0.0981. The largest absolute Gasteiger partial charge is 0.378 e. The molecular weight excluding hydrogens is 240 g/mol. The summed E-state index contributed by atoms with van der Waals surface area (Å²) in [5.41, 5.74) is 2.06. The number of unbranched alkanes of at least 4 members (excludes halogenated alkanes) is 1. The summed E-state index contributed by atoms with van der Waals surface area (Å²) in [7, 11) is 0. The van der Waals surface area contributed by atoms with Crippen LogP contribution in [0.3, 0.4) is 0 Å². The van der Waals surface area contributed by atoms with Crippen LogP contribution >= 0.6 is 0 Å². The lowest BCUT2D eigenvalue weighted by Gasteiger charge is -2.28. The third-order valence-electron chi connectivity index (χ3n) is 3.28. The minimum atomic E-state index is 0.0981. The normalized spacial score (nSPS) is 15.3. The van der Waals surface area contributed by atoms with Gasteiger partial charge in [0.2, 0.25) is 5.91 Å². The van der Waals surface area contributed by atoms with Crippen molar-refractivity contribution in [3.63, 3.8) is 0 Å². The second kappa shape index (κ2) is 7.14. The van der Waals surface area contributed by atoms with Gasteiger partial charge in [0.1, 0.15) is 0 Å². The number of carbonyl (C=O) groups is 1. The SMILES string of the molecule is CCCCC(=O)Nc1ccc(N2CCOCC2)cc1. The summed E-state index contributed by atoms with van der Waals surface area (Å²) in [4.78, 5) is 13.9. The van der Waals surface area contributed by atoms with Crippen LogP contribution in [0.1, 0.15) is 26.2 Å². The van der Waals surface area contributed by atoms with Crippen LogP contribution in [0.2, 0.25) is 0 Å². The molecule has 1 heterocycles. The number of amides is 1. The van der Waals surface area contributed by atoms with E-state index >= 15 is 0 Å². The number of nitrogens with one attached hydrogen (secondary N) is 1. The Labute approximate surface area is 114 Å². The average molecular weight is 262 g/mol. The molecule has 0 spiro atoms. The lowest BCUT2D eigenvalue weighted by atomic mass is 10.2. The maximum atomic E-state index is 11.6. The van der Waals surface area contributed by atoms with Crippen LogP contribution in [0.25, 0.3) is 0 Å². The van der Waals surface area contributed by atoms with E-state index in [-0.39, 0.29) is 5.91 Å². The Morgan fingerprint density at radius 1 is 1.26 bits per heavy atom. The van der Waals surface area contributed by atoms with Gasteiger partial charge in [0.25, 0.3) is 0 Å². The van der Waals surface area contributed by atoms with E-state index in [2.05, 4.69) is 29.3 Å². The van der Waals surface area contributed by atoms with Gasteiger partial charge >= 0.3 is 0 Å². The second-order valence-electron chi connectivity index (χ2n) is 4.80. The predicted molar refractivity (Wildman–Crippen MR) is 77.6 cm³/mol. The number of carbonyl (C=O) groups excluding carboxylic acids is 1. The van der Waals surface area contributed by atoms with Crippen LogP contribution in [-0.2, 0) is 9.53 Å². The molecule has 0 radical (unpaired) electrons. The number of ether oxygens (including phenoxy) is 1. The fourth-order valence-electron chi connectivity index (χ4n) is 2.14. The van der Waals surface area contributed by atoms with Crippen molar-refractivity contribution in [1.82, 2.24) is 0 Å². The van der Waals surface area contributed by atoms with Gasteiger partial charge in [-0.05, 0) is 30.7 Å². The van der Waals surface area contributed by atoms with Crippen LogP contribution in [0.15, 0.2) is 24.3 Å². The van der Waals surface area contributed by atoms with Crippen molar-refractivity contribution in [3.05, 3.63) is 24.3 Å². The maximum Gasteiger partial charge on any atom is 0.224 e. The first-order valence-electron chi connectivity index (χ1n) is 7.02. The standard InChI is InChI=1S/C15H22N2O2/c1-2-3-4-15(18)16-13-5-7-14(8-6-13)17-9-11-19-12-10-17/h5-8H,2-4,9-12H2,1H3,(H,16,18). The maximum absolute atomic E-state index is 11.6. The molecule has 104 valence electrons. The van der Waals surface area contributed by atoms with Crippen molar-refractivity contribution in [3.8, 4) is 0 Å². The Kier molecular flexibility index (Phi) is 5.21. The van der Waals surface area contributed by atoms with Gasteiger partial charge in [-0.2, -0.15) is 0 Å². The highest BCUT2D eigenvalue weighted by atomic mass is 16.5. The Hall–Kier alpha value is -1.55. The smallest absolute Gasteiger partial charge is 0.224 e. The molecule has 4 nitrogen and oxygen atoms in total.